The zero-order chi connectivity index (χ0) is 15.1. The molecule has 1 heterocycles. The highest BCUT2D eigenvalue weighted by molar-refractivity contribution is 5.56. The number of nitrogens with one attached hydrogen (secondary N) is 2. The minimum atomic E-state index is -0.400. The first-order valence-corrected chi connectivity index (χ1v) is 7.24. The van der Waals surface area contributed by atoms with E-state index in [0.29, 0.717) is 12.4 Å². The third kappa shape index (κ3) is 4.75. The minimum Gasteiger partial charge on any atom is -0.494 e. The lowest BCUT2D eigenvalue weighted by atomic mass is 10.1. The van der Waals surface area contributed by atoms with Crippen LogP contribution in [0.2, 0.25) is 0 Å². The van der Waals surface area contributed by atoms with Crippen molar-refractivity contribution in [2.75, 3.05) is 31.6 Å². The maximum atomic E-state index is 10.9. The second kappa shape index (κ2) is 7.64. The lowest BCUT2D eigenvalue weighted by molar-refractivity contribution is -0.384. The lowest BCUT2D eigenvalue weighted by Crippen LogP contribution is -2.21. The number of rotatable bonds is 7. The fraction of sp³-hybridized carbons (Fsp3) is 0.467. The molecule has 6 nitrogen and oxygen atoms in total. The zero-order valence-electron chi connectivity index (χ0n) is 12.2. The van der Waals surface area contributed by atoms with Crippen LogP contribution in [0.4, 0.5) is 11.4 Å². The highest BCUT2D eigenvalue weighted by Crippen LogP contribution is 2.26. The Kier molecular flexibility index (Phi) is 5.57. The van der Waals surface area contributed by atoms with E-state index in [1.54, 1.807) is 12.1 Å². The van der Waals surface area contributed by atoms with Gasteiger partial charge in [-0.2, -0.15) is 0 Å². The fourth-order valence-corrected chi connectivity index (χ4v) is 2.30. The van der Waals surface area contributed by atoms with Gasteiger partial charge in [0, 0.05) is 30.9 Å². The molecule has 0 atom stereocenters. The molecule has 1 aliphatic heterocycles. The Morgan fingerprint density at radius 2 is 2.29 bits per heavy atom. The molecule has 0 amide bonds. The van der Waals surface area contributed by atoms with Crippen LogP contribution in [-0.4, -0.2) is 31.2 Å². The van der Waals surface area contributed by atoms with Crippen LogP contribution >= 0.6 is 0 Å². The van der Waals surface area contributed by atoms with Crippen molar-refractivity contribution >= 4 is 11.4 Å². The van der Waals surface area contributed by atoms with E-state index in [4.69, 9.17) is 4.74 Å². The molecule has 0 radical (unpaired) electrons. The van der Waals surface area contributed by atoms with Crippen molar-refractivity contribution in [3.05, 3.63) is 40.0 Å². The Balaban J connectivity index is 1.97. The molecule has 1 aliphatic rings. The molecule has 114 valence electrons. The maximum Gasteiger partial charge on any atom is 0.275 e. The Labute approximate surface area is 124 Å². The Hall–Kier alpha value is -2.08. The molecule has 2 N–H and O–H groups in total. The third-order valence-corrected chi connectivity index (χ3v) is 3.35. The zero-order valence-corrected chi connectivity index (χ0v) is 12.2. The van der Waals surface area contributed by atoms with Crippen LogP contribution < -0.4 is 15.4 Å². The monoisotopic (exact) mass is 291 g/mol. The molecule has 0 saturated carbocycles. The van der Waals surface area contributed by atoms with Gasteiger partial charge in [0.25, 0.3) is 5.69 Å². The van der Waals surface area contributed by atoms with Gasteiger partial charge < -0.3 is 15.4 Å². The third-order valence-electron chi connectivity index (χ3n) is 3.35. The van der Waals surface area contributed by atoms with Crippen LogP contribution in [0.25, 0.3) is 0 Å². The van der Waals surface area contributed by atoms with Gasteiger partial charge in [-0.05, 0) is 26.3 Å². The van der Waals surface area contributed by atoms with Crippen molar-refractivity contribution in [3.63, 3.8) is 0 Å². The van der Waals surface area contributed by atoms with Crippen LogP contribution in [0.3, 0.4) is 0 Å². The number of nitro groups is 1. The van der Waals surface area contributed by atoms with Gasteiger partial charge >= 0.3 is 0 Å². The number of non-ortho nitro benzene ring substituents is 1. The van der Waals surface area contributed by atoms with Crippen LogP contribution in [-0.2, 0) is 0 Å². The molecule has 6 heteroatoms. The highest BCUT2D eigenvalue weighted by Gasteiger charge is 2.10. The molecule has 0 aromatic heterocycles. The second-order valence-electron chi connectivity index (χ2n) is 4.90. The molecule has 2 rings (SSSR count). The van der Waals surface area contributed by atoms with Crippen LogP contribution in [0.15, 0.2) is 29.8 Å². The van der Waals surface area contributed by atoms with Gasteiger partial charge in [0.05, 0.1) is 17.6 Å². The number of nitrogens with zero attached hydrogens (tertiary/aromatic N) is 1. The van der Waals surface area contributed by atoms with Crippen molar-refractivity contribution in [2.45, 2.75) is 19.8 Å². The summed E-state index contributed by atoms with van der Waals surface area (Å²) in [7, 11) is 0. The standard InChI is InChI=1S/C15H21N3O3/c1-2-21-15-10-13(9-14(11-15)18(19)20)17-8-5-12-3-6-16-7-4-12/h3,9-11,16-17H,2,4-8H2,1H3. The molecule has 0 fully saturated rings. The molecule has 0 unspecified atom stereocenters. The van der Waals surface area contributed by atoms with E-state index in [1.807, 2.05) is 6.92 Å². The fourth-order valence-electron chi connectivity index (χ4n) is 2.30. The van der Waals surface area contributed by atoms with Crippen molar-refractivity contribution < 1.29 is 9.66 Å². The van der Waals surface area contributed by atoms with Gasteiger partial charge in [0.1, 0.15) is 5.75 Å². The first-order chi connectivity index (χ1) is 10.2. The van der Waals surface area contributed by atoms with Crippen molar-refractivity contribution in [1.82, 2.24) is 5.32 Å². The van der Waals surface area contributed by atoms with E-state index >= 15 is 0 Å². The van der Waals surface area contributed by atoms with E-state index in [0.717, 1.165) is 38.2 Å². The van der Waals surface area contributed by atoms with E-state index in [1.165, 1.54) is 11.6 Å². The number of hydrogen-bond acceptors (Lipinski definition) is 5. The van der Waals surface area contributed by atoms with Gasteiger partial charge in [-0.3, -0.25) is 10.1 Å². The quantitative estimate of drug-likeness (QED) is 0.459. The Morgan fingerprint density at radius 1 is 1.43 bits per heavy atom. The summed E-state index contributed by atoms with van der Waals surface area (Å²) < 4.78 is 5.37. The lowest BCUT2D eigenvalue weighted by Gasteiger charge is -2.15. The summed E-state index contributed by atoms with van der Waals surface area (Å²) >= 11 is 0. The molecule has 1 aromatic rings. The van der Waals surface area contributed by atoms with Gasteiger partial charge in [-0.15, -0.1) is 0 Å². The number of hydrogen-bond donors (Lipinski definition) is 2. The summed E-state index contributed by atoms with van der Waals surface area (Å²) in [5.41, 5.74) is 2.20. The van der Waals surface area contributed by atoms with Crippen LogP contribution in [0, 0.1) is 10.1 Å². The summed E-state index contributed by atoms with van der Waals surface area (Å²) in [5.74, 6) is 0.523. The SMILES string of the molecule is CCOc1cc(NCCC2=CCNCC2)cc([N+](=O)[O-])c1. The Morgan fingerprint density at radius 3 is 2.95 bits per heavy atom. The van der Waals surface area contributed by atoms with Gasteiger partial charge in [-0.25, -0.2) is 0 Å². The van der Waals surface area contributed by atoms with Crippen LogP contribution in [0.5, 0.6) is 5.75 Å². The smallest absolute Gasteiger partial charge is 0.275 e. The van der Waals surface area contributed by atoms with Crippen molar-refractivity contribution in [2.24, 2.45) is 0 Å². The second-order valence-corrected chi connectivity index (χ2v) is 4.90. The van der Waals surface area contributed by atoms with E-state index in [-0.39, 0.29) is 5.69 Å². The van der Waals surface area contributed by atoms with Gasteiger partial charge in [-0.1, -0.05) is 11.6 Å². The Bertz CT molecular complexity index is 529. The molecule has 21 heavy (non-hydrogen) atoms. The predicted octanol–water partition coefficient (Wildman–Crippen LogP) is 2.72. The van der Waals surface area contributed by atoms with Crippen molar-refractivity contribution in [1.29, 1.82) is 0 Å². The van der Waals surface area contributed by atoms with E-state index in [9.17, 15) is 10.1 Å². The highest BCUT2D eigenvalue weighted by atomic mass is 16.6. The van der Waals surface area contributed by atoms with Crippen LogP contribution in [0.1, 0.15) is 19.8 Å². The summed E-state index contributed by atoms with van der Waals surface area (Å²) in [4.78, 5) is 10.5. The maximum absolute atomic E-state index is 10.9. The molecule has 0 aliphatic carbocycles. The average Bonchev–Trinajstić information content (AvgIpc) is 2.48. The minimum absolute atomic E-state index is 0.0459. The molecule has 0 spiro atoms. The molecular formula is C15H21N3O3. The van der Waals surface area contributed by atoms with E-state index in [2.05, 4.69) is 16.7 Å². The predicted molar refractivity (Wildman–Crippen MR) is 82.9 cm³/mol. The summed E-state index contributed by atoms with van der Waals surface area (Å²) in [6.45, 7) is 5.06. The topological polar surface area (TPSA) is 76.4 Å². The normalized spacial score (nSPS) is 14.4. The average molecular weight is 291 g/mol. The largest absolute Gasteiger partial charge is 0.494 e. The van der Waals surface area contributed by atoms with Gasteiger partial charge in [0.15, 0.2) is 0 Å². The molecule has 0 bridgehead atoms. The summed E-state index contributed by atoms with van der Waals surface area (Å²) in [5, 5.41) is 17.5. The first-order valence-electron chi connectivity index (χ1n) is 7.24. The molecule has 0 saturated heterocycles. The van der Waals surface area contributed by atoms with Crippen molar-refractivity contribution in [3.8, 4) is 5.75 Å². The number of nitro benzene ring substituents is 1. The summed E-state index contributed by atoms with van der Waals surface area (Å²) in [6.07, 6.45) is 4.24. The number of benzene rings is 1. The number of ether oxygens (including phenoxy) is 1. The molecule has 1 aromatic carbocycles. The first kappa shape index (κ1) is 15.3. The van der Waals surface area contributed by atoms with Gasteiger partial charge in [0.2, 0.25) is 0 Å². The summed E-state index contributed by atoms with van der Waals surface area (Å²) in [6, 6.07) is 4.79. The van der Waals surface area contributed by atoms with E-state index < -0.39 is 4.92 Å². The number of anilines is 1. The molecular weight excluding hydrogens is 270 g/mol.